The molecular weight excluding hydrogens is 428 g/mol. The zero-order valence-corrected chi connectivity index (χ0v) is 17.8. The van der Waals surface area contributed by atoms with Gasteiger partial charge in [0.1, 0.15) is 23.1 Å². The highest BCUT2D eigenvalue weighted by molar-refractivity contribution is 8.26. The van der Waals surface area contributed by atoms with Gasteiger partial charge in [0.2, 0.25) is 0 Å². The molecule has 0 radical (unpaired) electrons. The molecular formula is C20H21F2N5O3S. The second-order valence-corrected chi connectivity index (χ2v) is 10.0. The van der Waals surface area contributed by atoms with Gasteiger partial charge in [-0.25, -0.2) is 13.8 Å². The number of carbonyl (C=O) groups excluding carboxylic acids is 1. The Hall–Kier alpha value is -3.07. The van der Waals surface area contributed by atoms with Crippen molar-refractivity contribution in [2.75, 3.05) is 11.1 Å². The minimum absolute atomic E-state index is 0.0818. The van der Waals surface area contributed by atoms with Gasteiger partial charge in [0.25, 0.3) is 10.9 Å². The Morgan fingerprint density at radius 3 is 2.61 bits per heavy atom. The lowest BCUT2D eigenvalue weighted by Gasteiger charge is -2.50. The number of nitriles is 1. The zero-order chi connectivity index (χ0) is 23.2. The topological polar surface area (TPSA) is 145 Å². The van der Waals surface area contributed by atoms with Gasteiger partial charge in [0.05, 0.1) is 11.3 Å². The highest BCUT2D eigenvalue weighted by Crippen LogP contribution is 2.60. The van der Waals surface area contributed by atoms with Gasteiger partial charge in [-0.15, -0.1) is 0 Å². The van der Waals surface area contributed by atoms with Gasteiger partial charge in [0, 0.05) is 17.4 Å². The second kappa shape index (κ2) is 7.56. The van der Waals surface area contributed by atoms with E-state index < -0.39 is 44.4 Å². The minimum atomic E-state index is -3.89. The van der Waals surface area contributed by atoms with Crippen LogP contribution < -0.4 is 11.1 Å². The molecule has 1 amide bonds. The van der Waals surface area contributed by atoms with E-state index in [9.17, 15) is 22.7 Å². The Balaban J connectivity index is 1.97. The van der Waals surface area contributed by atoms with E-state index in [0.29, 0.717) is 11.1 Å². The van der Waals surface area contributed by atoms with Crippen molar-refractivity contribution >= 4 is 28.0 Å². The van der Waals surface area contributed by atoms with Crippen LogP contribution in [0.25, 0.3) is 0 Å². The predicted octanol–water partition coefficient (Wildman–Crippen LogP) is 3.68. The molecule has 3 rings (SSSR count). The van der Waals surface area contributed by atoms with Crippen molar-refractivity contribution in [2.45, 2.75) is 31.3 Å². The number of alkyl halides is 1. The van der Waals surface area contributed by atoms with Crippen LogP contribution in [0.5, 0.6) is 0 Å². The van der Waals surface area contributed by atoms with Crippen LogP contribution in [0.3, 0.4) is 0 Å². The van der Waals surface area contributed by atoms with Crippen molar-refractivity contribution in [1.82, 2.24) is 4.98 Å². The Bertz CT molecular complexity index is 1150. The zero-order valence-electron chi connectivity index (χ0n) is 17.0. The SMILES string of the molecule is Cc1cc(C#N)cnc1C(=O)Nc1ccc(F)c([C@]2(C)CS(O)(O)[C@@](C)(F)C(N)=N2)c1. The first-order valence-electron chi connectivity index (χ1n) is 9.09. The summed E-state index contributed by atoms with van der Waals surface area (Å²) in [4.78, 5) is 20.6. The van der Waals surface area contributed by atoms with Crippen LogP contribution in [-0.4, -0.2) is 36.6 Å². The first-order valence-corrected chi connectivity index (χ1v) is 10.8. The van der Waals surface area contributed by atoms with E-state index in [-0.39, 0.29) is 16.9 Å². The van der Waals surface area contributed by atoms with Gasteiger partial charge in [-0.3, -0.25) is 18.9 Å². The molecule has 0 bridgehead atoms. The molecule has 1 aromatic carbocycles. The van der Waals surface area contributed by atoms with Crippen molar-refractivity contribution in [3.05, 3.63) is 58.7 Å². The average molecular weight is 449 g/mol. The highest BCUT2D eigenvalue weighted by atomic mass is 32.3. The highest BCUT2D eigenvalue weighted by Gasteiger charge is 2.52. The van der Waals surface area contributed by atoms with Crippen molar-refractivity contribution in [2.24, 2.45) is 10.7 Å². The lowest BCUT2D eigenvalue weighted by molar-refractivity contribution is 0.102. The minimum Gasteiger partial charge on any atom is -0.383 e. The lowest BCUT2D eigenvalue weighted by atomic mass is 9.93. The summed E-state index contributed by atoms with van der Waals surface area (Å²) in [6.07, 6.45) is 1.26. The van der Waals surface area contributed by atoms with Gasteiger partial charge in [-0.05, 0) is 50.6 Å². The number of nitrogens with zero attached hydrogens (tertiary/aromatic N) is 3. The number of carbonyl (C=O) groups is 1. The lowest BCUT2D eigenvalue weighted by Crippen LogP contribution is -2.51. The van der Waals surface area contributed by atoms with Crippen LogP contribution in [0, 0.1) is 24.1 Å². The van der Waals surface area contributed by atoms with E-state index in [1.165, 1.54) is 31.3 Å². The number of rotatable bonds is 3. The molecule has 8 nitrogen and oxygen atoms in total. The van der Waals surface area contributed by atoms with E-state index in [2.05, 4.69) is 15.3 Å². The summed E-state index contributed by atoms with van der Waals surface area (Å²) in [5.41, 5.74) is 5.03. The van der Waals surface area contributed by atoms with Crippen molar-refractivity contribution in [1.29, 1.82) is 5.26 Å². The number of nitrogens with two attached hydrogens (primary N) is 1. The van der Waals surface area contributed by atoms with Crippen molar-refractivity contribution in [3.8, 4) is 6.07 Å². The monoisotopic (exact) mass is 449 g/mol. The standard InChI is InChI=1S/C20H21F2N5O3S/c1-11-6-12(8-23)9-25-16(11)17(28)26-13-4-5-15(21)14(7-13)19(2)10-31(29,30)20(3,22)18(24)27-19/h4-7,9,29-30H,10H2,1-3H3,(H2,24,27)(H,26,28)/t19-,20+/m0/s1. The quantitative estimate of drug-likeness (QED) is 0.563. The summed E-state index contributed by atoms with van der Waals surface area (Å²) in [5.74, 6) is -2.55. The molecule has 2 atom stereocenters. The molecule has 31 heavy (non-hydrogen) atoms. The Kier molecular flexibility index (Phi) is 5.52. The second-order valence-electron chi connectivity index (χ2n) is 7.65. The maximum absolute atomic E-state index is 14.7. The molecule has 164 valence electrons. The first-order chi connectivity index (χ1) is 14.3. The molecule has 0 unspecified atom stereocenters. The fraction of sp³-hybridized carbons (Fsp3) is 0.300. The third-order valence-corrected chi connectivity index (χ3v) is 7.55. The Morgan fingerprint density at radius 1 is 1.35 bits per heavy atom. The molecule has 1 aliphatic heterocycles. The van der Waals surface area contributed by atoms with E-state index >= 15 is 0 Å². The number of nitrogens with one attached hydrogen (secondary N) is 1. The third kappa shape index (κ3) is 3.97. The number of amides is 1. The van der Waals surface area contributed by atoms with Crippen LogP contribution in [0.4, 0.5) is 14.5 Å². The molecule has 1 aliphatic rings. The molecule has 1 aromatic heterocycles. The molecule has 0 spiro atoms. The molecule has 2 aromatic rings. The summed E-state index contributed by atoms with van der Waals surface area (Å²) in [5, 5.41) is 8.87. The predicted molar refractivity (Wildman–Crippen MR) is 114 cm³/mol. The average Bonchev–Trinajstić information content (AvgIpc) is 2.67. The number of aryl methyl sites for hydroxylation is 1. The molecule has 5 N–H and O–H groups in total. The van der Waals surface area contributed by atoms with Crippen LogP contribution in [-0.2, 0) is 5.54 Å². The summed E-state index contributed by atoms with van der Waals surface area (Å²) in [7, 11) is -3.89. The van der Waals surface area contributed by atoms with E-state index in [1.54, 1.807) is 6.92 Å². The van der Waals surface area contributed by atoms with Crippen LogP contribution >= 0.6 is 10.6 Å². The number of hydrogen-bond donors (Lipinski definition) is 4. The number of aromatic nitrogens is 1. The van der Waals surface area contributed by atoms with Crippen LogP contribution in [0.2, 0.25) is 0 Å². The number of anilines is 1. The molecule has 0 aliphatic carbocycles. The van der Waals surface area contributed by atoms with Gasteiger partial charge in [0.15, 0.2) is 5.84 Å². The maximum atomic E-state index is 14.7. The maximum Gasteiger partial charge on any atom is 0.274 e. The summed E-state index contributed by atoms with van der Waals surface area (Å²) in [6, 6.07) is 7.11. The number of halogens is 2. The number of amidine groups is 1. The fourth-order valence-electron chi connectivity index (χ4n) is 3.31. The number of benzene rings is 1. The van der Waals surface area contributed by atoms with Crippen LogP contribution in [0.15, 0.2) is 35.5 Å². The van der Waals surface area contributed by atoms with Gasteiger partial charge >= 0.3 is 0 Å². The van der Waals surface area contributed by atoms with Crippen LogP contribution in [0.1, 0.15) is 41.0 Å². The Labute approximate surface area is 179 Å². The number of aliphatic imine (C=N–C) groups is 1. The Morgan fingerprint density at radius 2 is 2.03 bits per heavy atom. The summed E-state index contributed by atoms with van der Waals surface area (Å²) in [6.45, 7) is 3.94. The first kappa shape index (κ1) is 22.6. The number of pyridine rings is 1. The van der Waals surface area contributed by atoms with E-state index in [4.69, 9.17) is 11.0 Å². The van der Waals surface area contributed by atoms with Gasteiger partial charge < -0.3 is 11.1 Å². The molecule has 11 heteroatoms. The van der Waals surface area contributed by atoms with Crippen molar-refractivity contribution < 1.29 is 22.7 Å². The normalized spacial score (nSPS) is 25.8. The van der Waals surface area contributed by atoms with Crippen molar-refractivity contribution in [3.63, 3.8) is 0 Å². The smallest absolute Gasteiger partial charge is 0.274 e. The van der Waals surface area contributed by atoms with E-state index in [0.717, 1.165) is 13.0 Å². The largest absolute Gasteiger partial charge is 0.383 e. The fourth-order valence-corrected chi connectivity index (χ4v) is 4.97. The number of hydrogen-bond acceptors (Lipinski definition) is 7. The van der Waals surface area contributed by atoms with E-state index in [1.807, 2.05) is 6.07 Å². The molecule has 0 saturated heterocycles. The summed E-state index contributed by atoms with van der Waals surface area (Å²) >= 11 is 0. The molecule has 0 saturated carbocycles. The summed E-state index contributed by atoms with van der Waals surface area (Å²) < 4.78 is 49.9. The van der Waals surface area contributed by atoms with Gasteiger partial charge in [-0.1, -0.05) is 0 Å². The molecule has 0 fully saturated rings. The van der Waals surface area contributed by atoms with Gasteiger partial charge in [-0.2, -0.15) is 15.9 Å². The molecule has 2 heterocycles. The third-order valence-electron chi connectivity index (χ3n) is 5.15.